The maximum absolute atomic E-state index is 13.8. The number of carbonyl (C=O) groups is 2. The first-order chi connectivity index (χ1) is 20.3. The summed E-state index contributed by atoms with van der Waals surface area (Å²) in [6.07, 6.45) is -0.972. The summed E-state index contributed by atoms with van der Waals surface area (Å²) in [5.41, 5.74) is -0.583. The molecule has 17 heteroatoms. The number of rotatable bonds is 10. The smallest absolute Gasteiger partial charge is 0.434 e. The van der Waals surface area contributed by atoms with Crippen molar-refractivity contribution in [3.63, 3.8) is 0 Å². The van der Waals surface area contributed by atoms with Crippen molar-refractivity contribution in [2.24, 2.45) is 0 Å². The summed E-state index contributed by atoms with van der Waals surface area (Å²) in [5, 5.41) is 18.3. The average Bonchev–Trinajstić information content (AvgIpc) is 3.30. The molecule has 2 aromatic carbocycles. The number of ether oxygens (including phenoxy) is 2. The molecule has 43 heavy (non-hydrogen) atoms. The highest BCUT2D eigenvalue weighted by Crippen LogP contribution is 2.32. The van der Waals surface area contributed by atoms with Gasteiger partial charge in [0, 0.05) is 37.7 Å². The van der Waals surface area contributed by atoms with Gasteiger partial charge in [0.1, 0.15) is 29.6 Å². The number of aromatic nitrogens is 2. The van der Waals surface area contributed by atoms with Crippen LogP contribution in [0.1, 0.15) is 28.5 Å². The molecule has 14 nitrogen and oxygen atoms in total. The fourth-order valence-corrected chi connectivity index (χ4v) is 5.78. The van der Waals surface area contributed by atoms with Crippen molar-refractivity contribution in [2.45, 2.75) is 24.8 Å². The van der Waals surface area contributed by atoms with Crippen LogP contribution < -0.4 is 10.1 Å². The topological polar surface area (TPSA) is 166 Å². The maximum Gasteiger partial charge on any atom is 0.434 e. The van der Waals surface area contributed by atoms with Crippen LogP contribution in [0.25, 0.3) is 0 Å². The number of benzene rings is 2. The number of hydrogen-bond acceptors (Lipinski definition) is 10. The van der Waals surface area contributed by atoms with Gasteiger partial charge in [-0.1, -0.05) is 0 Å². The number of nitro groups is 1. The molecular weight excluding hydrogens is 594 g/mol. The minimum atomic E-state index is -4.42. The molecule has 0 fully saturated rings. The number of sulfonamides is 1. The molecule has 0 radical (unpaired) electrons. The van der Waals surface area contributed by atoms with Crippen LogP contribution in [0.3, 0.4) is 0 Å². The van der Waals surface area contributed by atoms with Crippen molar-refractivity contribution in [1.29, 1.82) is 0 Å². The van der Waals surface area contributed by atoms with Crippen LogP contribution in [0, 0.1) is 21.7 Å². The van der Waals surface area contributed by atoms with E-state index in [1.54, 1.807) is 6.92 Å². The Hall–Kier alpha value is -4.48. The third-order valence-electron chi connectivity index (χ3n) is 6.39. The molecule has 230 valence electrons. The van der Waals surface area contributed by atoms with Crippen molar-refractivity contribution in [3.8, 4) is 5.75 Å². The van der Waals surface area contributed by atoms with E-state index in [9.17, 15) is 36.9 Å². The van der Waals surface area contributed by atoms with Crippen molar-refractivity contribution in [3.05, 3.63) is 75.0 Å². The van der Waals surface area contributed by atoms with E-state index in [4.69, 9.17) is 9.47 Å². The standard InChI is InChI=1S/C26H28F2N6O8S/c1-4-41-26(36)33-22-7-8-32(43(39,40)19-12-16(27)11-17(28)13-19)15-21(22)24(30-33)29-25(35)20-6-5-18(14-23(20)34(37)38)42-10-9-31(2)3/h5-6,11-14H,4,7-10,15H2,1-3H3,(H,29,30,35). The molecule has 0 unspecified atom stereocenters. The number of fused-ring (bicyclic) bond motifs is 1. The Morgan fingerprint density at radius 2 is 1.86 bits per heavy atom. The number of anilines is 1. The summed E-state index contributed by atoms with van der Waals surface area (Å²) in [7, 11) is -0.762. The van der Waals surface area contributed by atoms with E-state index in [1.807, 2.05) is 19.0 Å². The number of carbonyl (C=O) groups excluding carboxylic acids is 2. The van der Waals surface area contributed by atoms with Crippen LogP contribution in [-0.4, -0.2) is 84.7 Å². The molecule has 0 aliphatic carbocycles. The number of likely N-dealkylation sites (N-methyl/N-ethyl adjacent to an activating group) is 1. The lowest BCUT2D eigenvalue weighted by atomic mass is 10.1. The molecule has 4 rings (SSSR count). The number of amides is 1. The zero-order valence-electron chi connectivity index (χ0n) is 23.4. The van der Waals surface area contributed by atoms with E-state index in [2.05, 4.69) is 10.4 Å². The number of nitrogens with zero attached hydrogens (tertiary/aromatic N) is 5. The first-order valence-electron chi connectivity index (χ1n) is 12.9. The van der Waals surface area contributed by atoms with Gasteiger partial charge < -0.3 is 19.7 Å². The maximum atomic E-state index is 13.8. The normalized spacial score (nSPS) is 13.4. The fraction of sp³-hybridized carbons (Fsp3) is 0.346. The number of nitro benzene ring substituents is 1. The molecule has 1 aliphatic rings. The second kappa shape index (κ2) is 12.8. The second-order valence-corrected chi connectivity index (χ2v) is 11.6. The van der Waals surface area contributed by atoms with Gasteiger partial charge in [0.15, 0.2) is 5.82 Å². The second-order valence-electron chi connectivity index (χ2n) is 9.62. The lowest BCUT2D eigenvalue weighted by Crippen LogP contribution is -2.37. The van der Waals surface area contributed by atoms with Crippen LogP contribution in [0.5, 0.6) is 5.75 Å². The summed E-state index contributed by atoms with van der Waals surface area (Å²) in [6.45, 7) is 1.73. The van der Waals surface area contributed by atoms with Crippen molar-refractivity contribution >= 4 is 33.5 Å². The van der Waals surface area contributed by atoms with E-state index in [-0.39, 0.29) is 54.6 Å². The summed E-state index contributed by atoms with van der Waals surface area (Å²) in [6, 6.07) is 5.56. The molecule has 2 heterocycles. The number of hydrogen-bond donors (Lipinski definition) is 1. The first-order valence-corrected chi connectivity index (χ1v) is 14.4. The van der Waals surface area contributed by atoms with Gasteiger partial charge >= 0.3 is 6.09 Å². The lowest BCUT2D eigenvalue weighted by molar-refractivity contribution is -0.385. The monoisotopic (exact) mass is 622 g/mol. The van der Waals surface area contributed by atoms with Gasteiger partial charge in [0.05, 0.1) is 28.2 Å². The molecule has 1 aliphatic heterocycles. The van der Waals surface area contributed by atoms with Gasteiger partial charge in [0.2, 0.25) is 10.0 Å². The van der Waals surface area contributed by atoms with E-state index in [1.165, 1.54) is 12.1 Å². The Kier molecular flexibility index (Phi) is 9.37. The van der Waals surface area contributed by atoms with Crippen molar-refractivity contribution in [1.82, 2.24) is 19.0 Å². The van der Waals surface area contributed by atoms with E-state index >= 15 is 0 Å². The van der Waals surface area contributed by atoms with Crippen molar-refractivity contribution in [2.75, 3.05) is 45.7 Å². The van der Waals surface area contributed by atoms with Crippen LogP contribution in [-0.2, 0) is 27.7 Å². The highest BCUT2D eigenvalue weighted by atomic mass is 32.2. The predicted molar refractivity (Wildman–Crippen MR) is 147 cm³/mol. The summed E-state index contributed by atoms with van der Waals surface area (Å²) in [5.74, 6) is -3.22. The molecular formula is C26H28F2N6O8S. The van der Waals surface area contributed by atoms with Crippen LogP contribution in [0.15, 0.2) is 41.3 Å². The Morgan fingerprint density at radius 3 is 2.49 bits per heavy atom. The highest BCUT2D eigenvalue weighted by molar-refractivity contribution is 7.89. The molecule has 0 bridgehead atoms. The van der Waals surface area contributed by atoms with Crippen LogP contribution in [0.2, 0.25) is 0 Å². The molecule has 3 aromatic rings. The van der Waals surface area contributed by atoms with Gasteiger partial charge in [-0.2, -0.15) is 8.99 Å². The SMILES string of the molecule is CCOC(=O)n1nc(NC(=O)c2ccc(OCCN(C)C)cc2[N+](=O)[O-])c2c1CCN(S(=O)(=O)c1cc(F)cc(F)c1)C2. The third kappa shape index (κ3) is 6.95. The Labute approximate surface area is 245 Å². The molecule has 0 saturated carbocycles. The van der Waals surface area contributed by atoms with Gasteiger partial charge in [-0.15, -0.1) is 5.10 Å². The summed E-state index contributed by atoms with van der Waals surface area (Å²) < 4.78 is 66.5. The minimum Gasteiger partial charge on any atom is -0.492 e. The minimum absolute atomic E-state index is 0.00401. The van der Waals surface area contributed by atoms with E-state index in [0.29, 0.717) is 24.7 Å². The predicted octanol–water partition coefficient (Wildman–Crippen LogP) is 3.01. The molecule has 0 saturated heterocycles. The summed E-state index contributed by atoms with van der Waals surface area (Å²) >= 11 is 0. The lowest BCUT2D eigenvalue weighted by Gasteiger charge is -2.27. The van der Waals surface area contributed by atoms with Gasteiger partial charge in [-0.05, 0) is 45.3 Å². The van der Waals surface area contributed by atoms with Crippen LogP contribution in [0.4, 0.5) is 25.1 Å². The fourth-order valence-electron chi connectivity index (χ4n) is 4.33. The molecule has 0 atom stereocenters. The quantitative estimate of drug-likeness (QED) is 0.262. The Balaban J connectivity index is 1.68. The van der Waals surface area contributed by atoms with E-state index in [0.717, 1.165) is 15.1 Å². The van der Waals surface area contributed by atoms with Crippen LogP contribution >= 0.6 is 0 Å². The highest BCUT2D eigenvalue weighted by Gasteiger charge is 2.35. The van der Waals surface area contributed by atoms with Gasteiger partial charge in [0.25, 0.3) is 11.6 Å². The molecule has 1 aromatic heterocycles. The molecule has 0 spiro atoms. The molecule has 1 amide bonds. The van der Waals surface area contributed by atoms with Gasteiger partial charge in [-0.3, -0.25) is 14.9 Å². The largest absolute Gasteiger partial charge is 0.492 e. The van der Waals surface area contributed by atoms with Crippen molar-refractivity contribution < 1.29 is 41.2 Å². The molecule has 1 N–H and O–H groups in total. The zero-order chi connectivity index (χ0) is 31.5. The number of halogens is 2. The van der Waals surface area contributed by atoms with Gasteiger partial charge in [-0.25, -0.2) is 22.0 Å². The third-order valence-corrected chi connectivity index (χ3v) is 8.21. The Bertz CT molecular complexity index is 1660. The Morgan fingerprint density at radius 1 is 1.16 bits per heavy atom. The zero-order valence-corrected chi connectivity index (χ0v) is 24.2. The first kappa shape index (κ1) is 31.5. The number of nitrogens with one attached hydrogen (secondary N) is 1. The summed E-state index contributed by atoms with van der Waals surface area (Å²) in [4.78, 5) is 38.2. The van der Waals surface area contributed by atoms with E-state index < -0.39 is 55.7 Å². The average molecular weight is 623 g/mol.